The minimum Gasteiger partial charge on any atom is -0.493 e. The summed E-state index contributed by atoms with van der Waals surface area (Å²) in [5, 5.41) is 16.1. The van der Waals surface area contributed by atoms with E-state index in [-0.39, 0.29) is 4.90 Å². The van der Waals surface area contributed by atoms with Crippen LogP contribution < -0.4 is 9.88 Å². The highest BCUT2D eigenvalue weighted by Crippen LogP contribution is 2.18. The van der Waals surface area contributed by atoms with Crippen LogP contribution in [0.3, 0.4) is 0 Å². The van der Waals surface area contributed by atoms with Gasteiger partial charge in [-0.2, -0.15) is 0 Å². The Morgan fingerprint density at radius 3 is 2.73 bits per heavy atom. The van der Waals surface area contributed by atoms with Gasteiger partial charge in [-0.05, 0) is 42.1 Å². The van der Waals surface area contributed by atoms with E-state index in [2.05, 4.69) is 27.7 Å². The summed E-state index contributed by atoms with van der Waals surface area (Å²) in [6.45, 7) is 1.31. The second kappa shape index (κ2) is 8.67. The second-order valence-corrected chi connectivity index (χ2v) is 9.01. The number of hydrogen-bond donors (Lipinski definition) is 1. The number of benzene rings is 1. The summed E-state index contributed by atoms with van der Waals surface area (Å²) in [7, 11) is -3.68. The maximum atomic E-state index is 11.2. The molecular formula is C16H18N4O3S3. The molecule has 0 aliphatic heterocycles. The molecule has 2 heterocycles. The molecule has 0 spiro atoms. The molecule has 0 unspecified atom stereocenters. The number of sulfonamides is 1. The van der Waals surface area contributed by atoms with Crippen molar-refractivity contribution in [2.24, 2.45) is 5.14 Å². The molecule has 7 nitrogen and oxygen atoms in total. The number of thiophene rings is 1. The van der Waals surface area contributed by atoms with Crippen molar-refractivity contribution < 1.29 is 13.2 Å². The van der Waals surface area contributed by atoms with Gasteiger partial charge in [0.15, 0.2) is 5.16 Å². The number of nitrogens with two attached hydrogens (primary N) is 1. The molecule has 3 aromatic rings. The average molecular weight is 411 g/mol. The van der Waals surface area contributed by atoms with Crippen LogP contribution in [-0.4, -0.2) is 35.5 Å². The quantitative estimate of drug-likeness (QED) is 0.429. The number of primary sulfonamides is 1. The van der Waals surface area contributed by atoms with Crippen molar-refractivity contribution in [2.75, 3.05) is 12.4 Å². The zero-order valence-corrected chi connectivity index (χ0v) is 16.3. The third-order valence-electron chi connectivity index (χ3n) is 3.49. The Bertz CT molecular complexity index is 922. The molecule has 0 bridgehead atoms. The van der Waals surface area contributed by atoms with Crippen LogP contribution in [0.1, 0.15) is 4.88 Å². The number of hydrogen-bond acceptors (Lipinski definition) is 7. The highest BCUT2D eigenvalue weighted by molar-refractivity contribution is 7.99. The van der Waals surface area contributed by atoms with Crippen LogP contribution in [0.25, 0.3) is 0 Å². The fraction of sp³-hybridized carbons (Fsp3) is 0.250. The lowest BCUT2D eigenvalue weighted by Crippen LogP contribution is -2.11. The van der Waals surface area contributed by atoms with E-state index in [0.29, 0.717) is 18.1 Å². The van der Waals surface area contributed by atoms with Gasteiger partial charge in [0, 0.05) is 17.2 Å². The van der Waals surface area contributed by atoms with Gasteiger partial charge in [-0.15, -0.1) is 21.5 Å². The Morgan fingerprint density at radius 2 is 2.04 bits per heavy atom. The predicted octanol–water partition coefficient (Wildman–Crippen LogP) is 2.40. The van der Waals surface area contributed by atoms with Crippen molar-refractivity contribution in [3.8, 4) is 5.75 Å². The van der Waals surface area contributed by atoms with E-state index in [0.717, 1.165) is 18.1 Å². The van der Waals surface area contributed by atoms with Crippen molar-refractivity contribution in [1.29, 1.82) is 0 Å². The summed E-state index contributed by atoms with van der Waals surface area (Å²) < 4.78 is 30.1. The zero-order valence-electron chi connectivity index (χ0n) is 13.8. The van der Waals surface area contributed by atoms with Gasteiger partial charge in [-0.1, -0.05) is 17.8 Å². The van der Waals surface area contributed by atoms with Crippen LogP contribution in [-0.2, 0) is 23.0 Å². The van der Waals surface area contributed by atoms with Gasteiger partial charge in [-0.3, -0.25) is 0 Å². The van der Waals surface area contributed by atoms with Crippen LogP contribution in [0, 0.1) is 0 Å². The highest BCUT2D eigenvalue weighted by Gasteiger charge is 2.08. The molecule has 138 valence electrons. The first-order valence-corrected chi connectivity index (χ1v) is 11.2. The van der Waals surface area contributed by atoms with E-state index in [4.69, 9.17) is 9.88 Å². The number of aryl methyl sites for hydroxylation is 2. The second-order valence-electron chi connectivity index (χ2n) is 5.35. The molecule has 2 aromatic heterocycles. The summed E-state index contributed by atoms with van der Waals surface area (Å²) in [6, 6.07) is 10.2. The van der Waals surface area contributed by atoms with Crippen LogP contribution in [0.4, 0.5) is 0 Å². The minimum absolute atomic E-state index is 0.0677. The summed E-state index contributed by atoms with van der Waals surface area (Å²) in [5.74, 6) is 1.30. The molecule has 0 aliphatic rings. The Balaban J connectivity index is 1.44. The Morgan fingerprint density at radius 1 is 1.23 bits per heavy atom. The SMILES string of the molecule is NS(=O)(=O)c1ccc(OCCSc2nncn2CCc2cccs2)cc1. The monoisotopic (exact) mass is 410 g/mol. The fourth-order valence-electron chi connectivity index (χ4n) is 2.21. The molecule has 2 N–H and O–H groups in total. The lowest BCUT2D eigenvalue weighted by molar-refractivity contribution is 0.343. The average Bonchev–Trinajstić information content (AvgIpc) is 3.28. The van der Waals surface area contributed by atoms with Gasteiger partial charge in [0.05, 0.1) is 11.5 Å². The Labute approximate surface area is 160 Å². The zero-order chi connectivity index (χ0) is 18.4. The highest BCUT2D eigenvalue weighted by atomic mass is 32.2. The standard InChI is InChI=1S/C16H18N4O3S3/c17-26(21,22)15-5-3-13(4-6-15)23-9-11-25-16-19-18-12-20(16)8-7-14-2-1-10-24-14/h1-6,10,12H,7-9,11H2,(H2,17,21,22). The van der Waals surface area contributed by atoms with Gasteiger partial charge in [-0.25, -0.2) is 13.6 Å². The number of nitrogens with zero attached hydrogens (tertiary/aromatic N) is 3. The third-order valence-corrected chi connectivity index (χ3v) is 6.31. The molecule has 10 heteroatoms. The van der Waals surface area contributed by atoms with Crippen molar-refractivity contribution >= 4 is 33.1 Å². The number of rotatable bonds is 9. The van der Waals surface area contributed by atoms with Gasteiger partial charge < -0.3 is 9.30 Å². The molecule has 0 atom stereocenters. The van der Waals surface area contributed by atoms with Gasteiger partial charge in [0.2, 0.25) is 10.0 Å². The molecule has 0 fully saturated rings. The number of aromatic nitrogens is 3. The van der Waals surface area contributed by atoms with Gasteiger partial charge in [0.25, 0.3) is 0 Å². The van der Waals surface area contributed by atoms with Gasteiger partial charge in [0.1, 0.15) is 12.1 Å². The molecule has 0 amide bonds. The van der Waals surface area contributed by atoms with E-state index >= 15 is 0 Å². The third kappa shape index (κ3) is 5.31. The lowest BCUT2D eigenvalue weighted by Gasteiger charge is -2.07. The van der Waals surface area contributed by atoms with E-state index in [1.807, 2.05) is 4.57 Å². The van der Waals surface area contributed by atoms with Crippen molar-refractivity contribution in [1.82, 2.24) is 14.8 Å². The van der Waals surface area contributed by atoms with E-state index in [9.17, 15) is 8.42 Å². The van der Waals surface area contributed by atoms with E-state index < -0.39 is 10.0 Å². The first-order valence-electron chi connectivity index (χ1n) is 7.81. The molecule has 26 heavy (non-hydrogen) atoms. The van der Waals surface area contributed by atoms with E-state index in [1.165, 1.54) is 17.0 Å². The molecule has 0 saturated carbocycles. The molecule has 0 saturated heterocycles. The normalized spacial score (nSPS) is 11.6. The van der Waals surface area contributed by atoms with Crippen LogP contribution in [0.15, 0.2) is 58.2 Å². The van der Waals surface area contributed by atoms with Crippen LogP contribution in [0.2, 0.25) is 0 Å². The van der Waals surface area contributed by atoms with Crippen molar-refractivity contribution in [3.63, 3.8) is 0 Å². The maximum Gasteiger partial charge on any atom is 0.238 e. The van der Waals surface area contributed by atoms with Crippen LogP contribution in [0.5, 0.6) is 5.75 Å². The maximum absolute atomic E-state index is 11.2. The largest absolute Gasteiger partial charge is 0.493 e. The smallest absolute Gasteiger partial charge is 0.238 e. The summed E-state index contributed by atoms with van der Waals surface area (Å²) in [5.41, 5.74) is 0. The lowest BCUT2D eigenvalue weighted by atomic mass is 10.3. The first-order chi connectivity index (χ1) is 12.5. The van der Waals surface area contributed by atoms with Gasteiger partial charge >= 0.3 is 0 Å². The van der Waals surface area contributed by atoms with Crippen molar-refractivity contribution in [2.45, 2.75) is 23.0 Å². The topological polar surface area (TPSA) is 100 Å². The van der Waals surface area contributed by atoms with Crippen molar-refractivity contribution in [3.05, 3.63) is 53.0 Å². The summed E-state index contributed by atoms with van der Waals surface area (Å²) in [4.78, 5) is 1.40. The Kier molecular flexibility index (Phi) is 6.30. The first kappa shape index (κ1) is 18.9. The number of ether oxygens (including phenoxy) is 1. The predicted molar refractivity (Wildman–Crippen MR) is 102 cm³/mol. The summed E-state index contributed by atoms with van der Waals surface area (Å²) in [6.07, 6.45) is 2.69. The fourth-order valence-corrected chi connectivity index (χ4v) is 4.19. The molecular weight excluding hydrogens is 392 g/mol. The molecule has 1 aromatic carbocycles. The molecule has 0 radical (unpaired) electrons. The van der Waals surface area contributed by atoms with E-state index in [1.54, 1.807) is 41.6 Å². The minimum atomic E-state index is -3.68. The molecule has 0 aliphatic carbocycles. The number of thioether (sulfide) groups is 1. The Hall–Kier alpha value is -1.88. The molecule has 3 rings (SSSR count). The van der Waals surface area contributed by atoms with Crippen LogP contribution >= 0.6 is 23.1 Å². The summed E-state index contributed by atoms with van der Waals surface area (Å²) >= 11 is 3.32.